The Morgan fingerprint density at radius 2 is 2.00 bits per heavy atom. The van der Waals surface area contributed by atoms with E-state index in [0.29, 0.717) is 15.9 Å². The standard InChI is InChI=1S/C8H5BrFNO.C2H6/c1-4-11-8-6(10)2-5(9)3-7(8)12-4;1-2/h2-3H,1H3;1-2H3. The lowest BCUT2D eigenvalue weighted by molar-refractivity contribution is 0.560. The summed E-state index contributed by atoms with van der Waals surface area (Å²) in [5.41, 5.74) is 0.759. The Bertz CT molecular complexity index is 439. The van der Waals surface area contributed by atoms with Crippen molar-refractivity contribution in [2.45, 2.75) is 20.8 Å². The molecule has 1 heterocycles. The number of oxazole rings is 1. The first-order valence-corrected chi connectivity index (χ1v) is 5.18. The van der Waals surface area contributed by atoms with E-state index in [1.807, 2.05) is 13.8 Å². The zero-order valence-corrected chi connectivity index (χ0v) is 9.85. The first-order valence-electron chi connectivity index (χ1n) is 4.39. The first-order chi connectivity index (χ1) is 6.66. The molecule has 2 aromatic rings. The van der Waals surface area contributed by atoms with Gasteiger partial charge in [-0.3, -0.25) is 0 Å². The van der Waals surface area contributed by atoms with Crippen LogP contribution >= 0.6 is 15.9 Å². The fraction of sp³-hybridized carbons (Fsp3) is 0.300. The summed E-state index contributed by atoms with van der Waals surface area (Å²) in [6.45, 7) is 5.69. The largest absolute Gasteiger partial charge is 0.441 e. The van der Waals surface area contributed by atoms with Crippen LogP contribution in [-0.2, 0) is 0 Å². The minimum Gasteiger partial charge on any atom is -0.441 e. The number of aryl methyl sites for hydroxylation is 1. The van der Waals surface area contributed by atoms with Gasteiger partial charge in [0.2, 0.25) is 0 Å². The average molecular weight is 260 g/mol. The quantitative estimate of drug-likeness (QED) is 0.713. The molecule has 0 saturated carbocycles. The molecule has 0 spiro atoms. The van der Waals surface area contributed by atoms with Crippen molar-refractivity contribution < 1.29 is 8.81 Å². The minimum atomic E-state index is -0.365. The van der Waals surface area contributed by atoms with Gasteiger partial charge in [0.1, 0.15) is 5.52 Å². The van der Waals surface area contributed by atoms with Crippen LogP contribution in [0.15, 0.2) is 21.0 Å². The predicted molar refractivity (Wildman–Crippen MR) is 57.8 cm³/mol. The molecular formula is C10H11BrFNO. The zero-order valence-electron chi connectivity index (χ0n) is 8.27. The van der Waals surface area contributed by atoms with Crippen molar-refractivity contribution in [3.8, 4) is 0 Å². The maximum Gasteiger partial charge on any atom is 0.192 e. The number of fused-ring (bicyclic) bond motifs is 1. The fourth-order valence-electron chi connectivity index (χ4n) is 1.07. The van der Waals surface area contributed by atoms with Gasteiger partial charge in [0, 0.05) is 11.4 Å². The van der Waals surface area contributed by atoms with E-state index in [4.69, 9.17) is 4.42 Å². The zero-order chi connectivity index (χ0) is 10.7. The summed E-state index contributed by atoms with van der Waals surface area (Å²) in [4.78, 5) is 3.89. The molecule has 0 N–H and O–H groups in total. The minimum absolute atomic E-state index is 0.288. The molecule has 0 radical (unpaired) electrons. The molecule has 76 valence electrons. The van der Waals surface area contributed by atoms with Gasteiger partial charge in [0.05, 0.1) is 0 Å². The smallest absolute Gasteiger partial charge is 0.192 e. The summed E-state index contributed by atoms with van der Waals surface area (Å²) in [6, 6.07) is 3.06. The van der Waals surface area contributed by atoms with Gasteiger partial charge >= 0.3 is 0 Å². The molecule has 0 saturated heterocycles. The van der Waals surface area contributed by atoms with Crippen LogP contribution in [0.4, 0.5) is 4.39 Å². The maximum absolute atomic E-state index is 13.1. The molecule has 4 heteroatoms. The van der Waals surface area contributed by atoms with Crippen LogP contribution in [-0.4, -0.2) is 4.98 Å². The van der Waals surface area contributed by atoms with Crippen molar-refractivity contribution in [1.82, 2.24) is 4.98 Å². The van der Waals surface area contributed by atoms with E-state index in [1.54, 1.807) is 13.0 Å². The average Bonchev–Trinajstić information content (AvgIpc) is 2.49. The van der Waals surface area contributed by atoms with E-state index >= 15 is 0 Å². The summed E-state index contributed by atoms with van der Waals surface area (Å²) >= 11 is 3.16. The highest BCUT2D eigenvalue weighted by Crippen LogP contribution is 2.23. The SMILES string of the molecule is CC.Cc1nc2c(F)cc(Br)cc2o1. The lowest BCUT2D eigenvalue weighted by Crippen LogP contribution is -1.77. The van der Waals surface area contributed by atoms with Crippen LogP contribution in [0.25, 0.3) is 11.1 Å². The van der Waals surface area contributed by atoms with E-state index in [1.165, 1.54) is 6.07 Å². The third kappa shape index (κ3) is 2.12. The van der Waals surface area contributed by atoms with E-state index < -0.39 is 0 Å². The molecule has 0 atom stereocenters. The molecule has 2 nitrogen and oxygen atoms in total. The van der Waals surface area contributed by atoms with Gasteiger partial charge in [0.15, 0.2) is 17.3 Å². The van der Waals surface area contributed by atoms with E-state index in [9.17, 15) is 4.39 Å². The Labute approximate surface area is 90.3 Å². The highest BCUT2D eigenvalue weighted by atomic mass is 79.9. The van der Waals surface area contributed by atoms with Gasteiger partial charge in [-0.15, -0.1) is 0 Å². The predicted octanol–water partition coefficient (Wildman–Crippen LogP) is 4.06. The summed E-state index contributed by atoms with van der Waals surface area (Å²) < 4.78 is 18.9. The lowest BCUT2D eigenvalue weighted by Gasteiger charge is -1.90. The summed E-state index contributed by atoms with van der Waals surface area (Å²) in [7, 11) is 0. The van der Waals surface area contributed by atoms with Gasteiger partial charge in [0.25, 0.3) is 0 Å². The van der Waals surface area contributed by atoms with Crippen molar-refractivity contribution in [3.63, 3.8) is 0 Å². The van der Waals surface area contributed by atoms with E-state index in [0.717, 1.165) is 0 Å². The molecule has 0 amide bonds. The Balaban J connectivity index is 0.000000461. The van der Waals surface area contributed by atoms with Crippen molar-refractivity contribution >= 4 is 27.0 Å². The normalized spacial score (nSPS) is 9.79. The summed E-state index contributed by atoms with van der Waals surface area (Å²) in [5.74, 6) is 0.109. The molecule has 1 aromatic heterocycles. The molecule has 0 aliphatic carbocycles. The van der Waals surface area contributed by atoms with Crippen LogP contribution in [0.1, 0.15) is 19.7 Å². The summed E-state index contributed by atoms with van der Waals surface area (Å²) in [5, 5.41) is 0. The Hall–Kier alpha value is -0.900. The van der Waals surface area contributed by atoms with Crippen LogP contribution in [0.3, 0.4) is 0 Å². The number of benzene rings is 1. The van der Waals surface area contributed by atoms with Crippen molar-refractivity contribution in [1.29, 1.82) is 0 Å². The first kappa shape index (κ1) is 11.2. The molecule has 0 aliphatic rings. The maximum atomic E-state index is 13.1. The highest BCUT2D eigenvalue weighted by Gasteiger charge is 2.08. The lowest BCUT2D eigenvalue weighted by atomic mass is 10.3. The Kier molecular flexibility index (Phi) is 3.63. The van der Waals surface area contributed by atoms with Crippen LogP contribution in [0, 0.1) is 12.7 Å². The van der Waals surface area contributed by atoms with Gasteiger partial charge in [-0.25, -0.2) is 9.37 Å². The van der Waals surface area contributed by atoms with Crippen LogP contribution < -0.4 is 0 Å². The number of aromatic nitrogens is 1. The Morgan fingerprint density at radius 1 is 1.36 bits per heavy atom. The summed E-state index contributed by atoms with van der Waals surface area (Å²) in [6.07, 6.45) is 0. The second-order valence-electron chi connectivity index (χ2n) is 2.47. The van der Waals surface area contributed by atoms with Crippen molar-refractivity contribution in [2.75, 3.05) is 0 Å². The Morgan fingerprint density at radius 3 is 2.64 bits per heavy atom. The van der Waals surface area contributed by atoms with Gasteiger partial charge in [-0.2, -0.15) is 0 Å². The topological polar surface area (TPSA) is 26.0 Å². The molecule has 0 fully saturated rings. The van der Waals surface area contributed by atoms with Crippen LogP contribution in [0.5, 0.6) is 0 Å². The molecule has 1 aromatic carbocycles. The van der Waals surface area contributed by atoms with Gasteiger partial charge < -0.3 is 4.42 Å². The molecule has 0 unspecified atom stereocenters. The molecule has 0 aliphatic heterocycles. The molecular weight excluding hydrogens is 249 g/mol. The van der Waals surface area contributed by atoms with Crippen molar-refractivity contribution in [3.05, 3.63) is 28.3 Å². The number of rotatable bonds is 0. The van der Waals surface area contributed by atoms with Gasteiger partial charge in [-0.05, 0) is 12.1 Å². The third-order valence-electron chi connectivity index (χ3n) is 1.52. The number of halogens is 2. The van der Waals surface area contributed by atoms with Crippen molar-refractivity contribution in [2.24, 2.45) is 0 Å². The number of hydrogen-bond acceptors (Lipinski definition) is 2. The molecule has 2 rings (SSSR count). The molecule has 0 bridgehead atoms. The number of nitrogens with zero attached hydrogens (tertiary/aromatic N) is 1. The third-order valence-corrected chi connectivity index (χ3v) is 1.98. The fourth-order valence-corrected chi connectivity index (χ4v) is 1.48. The van der Waals surface area contributed by atoms with E-state index in [2.05, 4.69) is 20.9 Å². The molecule has 14 heavy (non-hydrogen) atoms. The number of hydrogen-bond donors (Lipinski definition) is 0. The van der Waals surface area contributed by atoms with Gasteiger partial charge in [-0.1, -0.05) is 29.8 Å². The van der Waals surface area contributed by atoms with Crippen LogP contribution in [0.2, 0.25) is 0 Å². The second kappa shape index (κ2) is 4.55. The highest BCUT2D eigenvalue weighted by molar-refractivity contribution is 9.10. The van der Waals surface area contributed by atoms with E-state index in [-0.39, 0.29) is 11.3 Å². The second-order valence-corrected chi connectivity index (χ2v) is 3.38. The monoisotopic (exact) mass is 259 g/mol.